The number of hydrogen-bond donors (Lipinski definition) is 2. The lowest BCUT2D eigenvalue weighted by atomic mass is 10.2. The monoisotopic (exact) mass is 221 g/mol. The van der Waals surface area contributed by atoms with Gasteiger partial charge in [-0.25, -0.2) is 4.39 Å². The smallest absolute Gasteiger partial charge is 0.151 e. The predicted octanol–water partition coefficient (Wildman–Crippen LogP) is 1.15. The van der Waals surface area contributed by atoms with Crippen LogP contribution in [-0.2, 0) is 13.6 Å². The molecule has 3 N–H and O–H groups in total. The SMILES string of the molecule is Cn1cnnc1CNc1cc(N)cc(F)c1. The van der Waals surface area contributed by atoms with Gasteiger partial charge in [0.2, 0.25) is 0 Å². The summed E-state index contributed by atoms with van der Waals surface area (Å²) in [6, 6.07) is 4.32. The molecule has 0 fully saturated rings. The summed E-state index contributed by atoms with van der Waals surface area (Å²) in [7, 11) is 1.84. The van der Waals surface area contributed by atoms with Crippen molar-refractivity contribution in [2.75, 3.05) is 11.1 Å². The molecule has 1 aromatic carbocycles. The Bertz CT molecular complexity index is 473. The highest BCUT2D eigenvalue weighted by Crippen LogP contribution is 2.15. The normalized spacial score (nSPS) is 10.4. The minimum absolute atomic E-state index is 0.361. The van der Waals surface area contributed by atoms with Gasteiger partial charge in [0.1, 0.15) is 12.1 Å². The Kier molecular flexibility index (Phi) is 2.72. The van der Waals surface area contributed by atoms with E-state index in [1.165, 1.54) is 12.1 Å². The first-order chi connectivity index (χ1) is 7.65. The van der Waals surface area contributed by atoms with E-state index in [0.29, 0.717) is 17.9 Å². The Morgan fingerprint density at radius 3 is 2.88 bits per heavy atom. The highest BCUT2D eigenvalue weighted by molar-refractivity contribution is 5.54. The van der Waals surface area contributed by atoms with E-state index in [9.17, 15) is 4.39 Å². The van der Waals surface area contributed by atoms with Crippen molar-refractivity contribution in [3.05, 3.63) is 36.2 Å². The number of benzene rings is 1. The minimum Gasteiger partial charge on any atom is -0.399 e. The predicted molar refractivity (Wildman–Crippen MR) is 59.1 cm³/mol. The van der Waals surface area contributed by atoms with Crippen LogP contribution in [0, 0.1) is 5.82 Å². The second-order valence-electron chi connectivity index (χ2n) is 3.48. The van der Waals surface area contributed by atoms with E-state index in [2.05, 4.69) is 15.5 Å². The number of aryl methyl sites for hydroxylation is 1. The Balaban J connectivity index is 2.07. The van der Waals surface area contributed by atoms with Crippen molar-refractivity contribution in [1.29, 1.82) is 0 Å². The van der Waals surface area contributed by atoms with Crippen LogP contribution >= 0.6 is 0 Å². The fourth-order valence-corrected chi connectivity index (χ4v) is 1.36. The van der Waals surface area contributed by atoms with Crippen LogP contribution in [0.5, 0.6) is 0 Å². The van der Waals surface area contributed by atoms with E-state index in [0.717, 1.165) is 5.82 Å². The molecule has 5 nitrogen and oxygen atoms in total. The zero-order valence-electron chi connectivity index (χ0n) is 8.81. The number of nitrogen functional groups attached to an aromatic ring is 1. The first-order valence-electron chi connectivity index (χ1n) is 4.78. The van der Waals surface area contributed by atoms with Crippen molar-refractivity contribution < 1.29 is 4.39 Å². The number of halogens is 1. The fraction of sp³-hybridized carbons (Fsp3) is 0.200. The molecule has 0 radical (unpaired) electrons. The average Bonchev–Trinajstić information content (AvgIpc) is 2.59. The van der Waals surface area contributed by atoms with Gasteiger partial charge in [0.15, 0.2) is 5.82 Å². The van der Waals surface area contributed by atoms with Crippen molar-refractivity contribution in [2.45, 2.75) is 6.54 Å². The molecule has 0 saturated heterocycles. The van der Waals surface area contributed by atoms with E-state index in [1.807, 2.05) is 7.05 Å². The molecule has 0 aliphatic carbocycles. The van der Waals surface area contributed by atoms with Crippen LogP contribution in [0.4, 0.5) is 15.8 Å². The summed E-state index contributed by atoms with van der Waals surface area (Å²) < 4.78 is 14.8. The van der Waals surface area contributed by atoms with E-state index in [-0.39, 0.29) is 5.82 Å². The number of nitrogens with two attached hydrogens (primary N) is 1. The molecule has 16 heavy (non-hydrogen) atoms. The zero-order valence-corrected chi connectivity index (χ0v) is 8.81. The third-order valence-corrected chi connectivity index (χ3v) is 2.18. The molecule has 2 rings (SSSR count). The molecular weight excluding hydrogens is 209 g/mol. The molecule has 0 atom stereocenters. The second kappa shape index (κ2) is 4.18. The van der Waals surface area contributed by atoms with E-state index in [4.69, 9.17) is 5.73 Å². The van der Waals surface area contributed by atoms with E-state index < -0.39 is 0 Å². The van der Waals surface area contributed by atoms with Crippen LogP contribution in [0.1, 0.15) is 5.82 Å². The second-order valence-corrected chi connectivity index (χ2v) is 3.48. The standard InChI is InChI=1S/C10H12FN5/c1-16-6-14-15-10(16)5-13-9-3-7(11)2-8(12)4-9/h2-4,6,13H,5,12H2,1H3. The topological polar surface area (TPSA) is 68.8 Å². The molecule has 0 amide bonds. The first-order valence-corrected chi connectivity index (χ1v) is 4.78. The molecule has 2 aromatic rings. The van der Waals surface area contributed by atoms with Gasteiger partial charge in [-0.15, -0.1) is 10.2 Å². The zero-order chi connectivity index (χ0) is 11.5. The Labute approximate surface area is 92.1 Å². The molecule has 0 unspecified atom stereocenters. The molecule has 84 valence electrons. The summed E-state index contributed by atoms with van der Waals surface area (Å²) in [5.74, 6) is 0.406. The summed E-state index contributed by atoms with van der Waals surface area (Å²) in [5.41, 5.74) is 6.54. The van der Waals surface area contributed by atoms with E-state index >= 15 is 0 Å². The molecule has 0 spiro atoms. The quantitative estimate of drug-likeness (QED) is 0.763. The molecule has 0 aliphatic heterocycles. The largest absolute Gasteiger partial charge is 0.399 e. The van der Waals surface area contributed by atoms with Gasteiger partial charge in [-0.1, -0.05) is 0 Å². The van der Waals surface area contributed by atoms with Crippen LogP contribution < -0.4 is 11.1 Å². The number of anilines is 2. The van der Waals surface area contributed by atoms with Crippen LogP contribution in [0.3, 0.4) is 0 Å². The van der Waals surface area contributed by atoms with Gasteiger partial charge in [0, 0.05) is 18.4 Å². The number of nitrogens with one attached hydrogen (secondary N) is 1. The number of nitrogens with zero attached hydrogens (tertiary/aromatic N) is 3. The molecular formula is C10H12FN5. The highest BCUT2D eigenvalue weighted by Gasteiger charge is 2.02. The lowest BCUT2D eigenvalue weighted by Gasteiger charge is -2.06. The summed E-state index contributed by atoms with van der Waals surface area (Å²) in [5, 5.41) is 10.7. The summed E-state index contributed by atoms with van der Waals surface area (Å²) >= 11 is 0. The van der Waals surface area contributed by atoms with Crippen molar-refractivity contribution in [2.24, 2.45) is 7.05 Å². The number of hydrogen-bond acceptors (Lipinski definition) is 4. The van der Waals surface area contributed by atoms with Crippen molar-refractivity contribution in [1.82, 2.24) is 14.8 Å². The van der Waals surface area contributed by atoms with Crippen LogP contribution in [0.2, 0.25) is 0 Å². The van der Waals surface area contributed by atoms with E-state index in [1.54, 1.807) is 17.0 Å². The van der Waals surface area contributed by atoms with Gasteiger partial charge in [0.25, 0.3) is 0 Å². The van der Waals surface area contributed by atoms with Crippen LogP contribution in [0.15, 0.2) is 24.5 Å². The summed E-state index contributed by atoms with van der Waals surface area (Å²) in [6.45, 7) is 0.472. The fourth-order valence-electron chi connectivity index (χ4n) is 1.36. The molecule has 0 aliphatic rings. The van der Waals surface area contributed by atoms with Gasteiger partial charge < -0.3 is 15.6 Å². The maximum Gasteiger partial charge on any atom is 0.151 e. The average molecular weight is 221 g/mol. The van der Waals surface area contributed by atoms with Gasteiger partial charge in [-0.3, -0.25) is 0 Å². The third-order valence-electron chi connectivity index (χ3n) is 2.18. The number of rotatable bonds is 3. The minimum atomic E-state index is -0.361. The maximum absolute atomic E-state index is 13.0. The van der Waals surface area contributed by atoms with Gasteiger partial charge in [-0.05, 0) is 18.2 Å². The van der Waals surface area contributed by atoms with Crippen molar-refractivity contribution in [3.63, 3.8) is 0 Å². The van der Waals surface area contributed by atoms with Gasteiger partial charge in [0.05, 0.1) is 6.54 Å². The molecule has 1 heterocycles. The van der Waals surface area contributed by atoms with Gasteiger partial charge >= 0.3 is 0 Å². The van der Waals surface area contributed by atoms with Gasteiger partial charge in [-0.2, -0.15) is 0 Å². The lowest BCUT2D eigenvalue weighted by Crippen LogP contribution is -2.06. The maximum atomic E-state index is 13.0. The summed E-state index contributed by atoms with van der Waals surface area (Å²) in [6.07, 6.45) is 1.61. The lowest BCUT2D eigenvalue weighted by molar-refractivity contribution is 0.629. The third kappa shape index (κ3) is 2.28. The van der Waals surface area contributed by atoms with Crippen LogP contribution in [0.25, 0.3) is 0 Å². The number of aromatic nitrogens is 3. The molecule has 0 bridgehead atoms. The first kappa shape index (κ1) is 10.4. The summed E-state index contributed by atoms with van der Waals surface area (Å²) in [4.78, 5) is 0. The molecule has 0 saturated carbocycles. The molecule has 6 heteroatoms. The highest BCUT2D eigenvalue weighted by atomic mass is 19.1. The molecule has 1 aromatic heterocycles. The van der Waals surface area contributed by atoms with Crippen molar-refractivity contribution in [3.8, 4) is 0 Å². The Hall–Kier alpha value is -2.11. The Morgan fingerprint density at radius 1 is 1.44 bits per heavy atom. The Morgan fingerprint density at radius 2 is 2.25 bits per heavy atom. The van der Waals surface area contributed by atoms with Crippen LogP contribution in [-0.4, -0.2) is 14.8 Å². The van der Waals surface area contributed by atoms with Crippen molar-refractivity contribution >= 4 is 11.4 Å².